The Labute approximate surface area is 81.5 Å². The van der Waals surface area contributed by atoms with Crippen molar-refractivity contribution >= 4 is 34.3 Å². The molecule has 0 heterocycles. The minimum Gasteiger partial charge on any atom is -0.479 e. The quantitative estimate of drug-likeness (QED) is 0.702. The molecule has 0 rings (SSSR count). The number of thiocarbonyl (C=S) groups is 1. The Morgan fingerprint density at radius 3 is 2.42 bits per heavy atom. The monoisotopic (exact) mass is 208 g/mol. The minimum absolute atomic E-state index is 0.0322. The highest BCUT2D eigenvalue weighted by molar-refractivity contribution is 8.23. The van der Waals surface area contributed by atoms with Crippen molar-refractivity contribution in [1.82, 2.24) is 0 Å². The lowest BCUT2D eigenvalue weighted by Crippen LogP contribution is -2.15. The van der Waals surface area contributed by atoms with Gasteiger partial charge in [-0.1, -0.05) is 32.5 Å². The van der Waals surface area contributed by atoms with E-state index in [2.05, 4.69) is 0 Å². The Balaban J connectivity index is 3.68. The molecule has 12 heavy (non-hydrogen) atoms. The Morgan fingerprint density at radius 2 is 2.08 bits per heavy atom. The van der Waals surface area contributed by atoms with E-state index in [0.29, 0.717) is 0 Å². The fourth-order valence-corrected chi connectivity index (χ4v) is 1.83. The highest BCUT2D eigenvalue weighted by Crippen LogP contribution is 2.25. The lowest BCUT2D eigenvalue weighted by Gasteiger charge is -2.17. The number of carboxylic acids is 1. The van der Waals surface area contributed by atoms with Crippen molar-refractivity contribution in [3.8, 4) is 0 Å². The van der Waals surface area contributed by atoms with Crippen molar-refractivity contribution in [3.05, 3.63) is 0 Å². The predicted molar refractivity (Wildman–Crippen MR) is 53.5 cm³/mol. The summed E-state index contributed by atoms with van der Waals surface area (Å²) in [7, 11) is 0. The van der Waals surface area contributed by atoms with Crippen molar-refractivity contribution in [2.24, 2.45) is 0 Å². The molecule has 0 aliphatic heterocycles. The van der Waals surface area contributed by atoms with E-state index < -0.39 is 5.97 Å². The van der Waals surface area contributed by atoms with Crippen LogP contribution in [0.3, 0.4) is 0 Å². The van der Waals surface area contributed by atoms with E-state index >= 15 is 0 Å². The Morgan fingerprint density at radius 1 is 1.58 bits per heavy atom. The molecule has 0 fully saturated rings. The number of aliphatic carboxylic acids is 1. The fraction of sp³-hybridized carbons (Fsp3) is 0.714. The van der Waals surface area contributed by atoms with E-state index in [9.17, 15) is 4.79 Å². The summed E-state index contributed by atoms with van der Waals surface area (Å²) in [5.41, 5.74) is 0. The Bertz CT molecular complexity index is 184. The fourth-order valence-electron chi connectivity index (χ4n) is 0.400. The molecule has 0 saturated heterocycles. The number of carbonyl (C=O) groups is 1. The molecule has 0 spiro atoms. The smallest absolute Gasteiger partial charge is 0.341 e. The number of ether oxygens (including phenoxy) is 1. The van der Waals surface area contributed by atoms with Crippen molar-refractivity contribution in [1.29, 1.82) is 0 Å². The average Bonchev–Trinajstić information content (AvgIpc) is 1.79. The van der Waals surface area contributed by atoms with Gasteiger partial charge in [-0.05, 0) is 12.2 Å². The zero-order valence-corrected chi connectivity index (χ0v) is 8.92. The number of carboxylic acid groups (broad SMARTS) is 1. The van der Waals surface area contributed by atoms with Gasteiger partial charge in [0.1, 0.15) is 0 Å². The first-order chi connectivity index (χ1) is 5.31. The topological polar surface area (TPSA) is 46.5 Å². The molecule has 0 atom stereocenters. The molecule has 0 saturated carbocycles. The lowest BCUT2D eigenvalue weighted by molar-refractivity contribution is -0.139. The molecular weight excluding hydrogens is 196 g/mol. The van der Waals surface area contributed by atoms with Gasteiger partial charge in [0.25, 0.3) is 0 Å². The van der Waals surface area contributed by atoms with Gasteiger partial charge in [-0.25, -0.2) is 4.79 Å². The number of thioether (sulfide) groups is 1. The number of hydrogen-bond donors (Lipinski definition) is 1. The number of hydrogen-bond acceptors (Lipinski definition) is 4. The summed E-state index contributed by atoms with van der Waals surface area (Å²) in [4.78, 5) is 10.1. The molecule has 0 aromatic heterocycles. The summed E-state index contributed by atoms with van der Waals surface area (Å²) in [5.74, 6) is -1.01. The van der Waals surface area contributed by atoms with Crippen molar-refractivity contribution in [3.63, 3.8) is 0 Å². The molecule has 0 unspecified atom stereocenters. The van der Waals surface area contributed by atoms with Gasteiger partial charge in [0.2, 0.25) is 4.38 Å². The van der Waals surface area contributed by atoms with Gasteiger partial charge in [-0.2, -0.15) is 0 Å². The summed E-state index contributed by atoms with van der Waals surface area (Å²) in [6.45, 7) is 5.58. The van der Waals surface area contributed by atoms with Gasteiger partial charge in [-0.3, -0.25) is 0 Å². The van der Waals surface area contributed by atoms with Crippen LogP contribution in [-0.2, 0) is 9.53 Å². The van der Waals surface area contributed by atoms with E-state index in [1.165, 1.54) is 11.8 Å². The highest BCUT2D eigenvalue weighted by Gasteiger charge is 2.15. The van der Waals surface area contributed by atoms with Crippen LogP contribution in [0.4, 0.5) is 0 Å². The van der Waals surface area contributed by atoms with Crippen LogP contribution in [-0.4, -0.2) is 26.8 Å². The van der Waals surface area contributed by atoms with E-state index in [1.807, 2.05) is 20.8 Å². The maximum absolute atomic E-state index is 10.1. The zero-order valence-electron chi connectivity index (χ0n) is 7.29. The third-order valence-electron chi connectivity index (χ3n) is 0.703. The predicted octanol–water partition coefficient (Wildman–Crippen LogP) is 1.90. The number of rotatable bonds is 2. The molecule has 5 heteroatoms. The van der Waals surface area contributed by atoms with Crippen LogP contribution in [0.2, 0.25) is 0 Å². The van der Waals surface area contributed by atoms with Crippen molar-refractivity contribution in [2.75, 3.05) is 6.61 Å². The molecule has 0 bridgehead atoms. The van der Waals surface area contributed by atoms with Crippen LogP contribution in [0.5, 0.6) is 0 Å². The van der Waals surface area contributed by atoms with Gasteiger partial charge in [0.15, 0.2) is 6.61 Å². The zero-order chi connectivity index (χ0) is 9.78. The maximum atomic E-state index is 10.1. The summed E-state index contributed by atoms with van der Waals surface area (Å²) >= 11 is 6.14. The molecule has 1 N–H and O–H groups in total. The first kappa shape index (κ1) is 11.7. The van der Waals surface area contributed by atoms with Crippen molar-refractivity contribution < 1.29 is 14.6 Å². The Kier molecular flexibility index (Phi) is 4.55. The SMILES string of the molecule is CC(C)(C)SC(=S)OCC(=O)O. The van der Waals surface area contributed by atoms with Gasteiger partial charge < -0.3 is 9.84 Å². The van der Waals surface area contributed by atoms with Gasteiger partial charge in [0, 0.05) is 4.75 Å². The molecule has 0 aromatic carbocycles. The van der Waals surface area contributed by atoms with Crippen LogP contribution >= 0.6 is 24.0 Å². The molecule has 0 radical (unpaired) electrons. The van der Waals surface area contributed by atoms with Gasteiger partial charge in [-0.15, -0.1) is 0 Å². The van der Waals surface area contributed by atoms with E-state index in [0.717, 1.165) is 0 Å². The standard InChI is InChI=1S/C7H12O3S2/c1-7(2,3)12-6(11)10-4-5(8)9/h4H2,1-3H3,(H,8,9). The maximum Gasteiger partial charge on any atom is 0.341 e. The molecule has 0 amide bonds. The molecule has 0 aromatic rings. The summed E-state index contributed by atoms with van der Waals surface area (Å²) in [5, 5.41) is 8.27. The molecule has 0 aliphatic rings. The van der Waals surface area contributed by atoms with Crippen LogP contribution in [0.15, 0.2) is 0 Å². The van der Waals surface area contributed by atoms with Gasteiger partial charge in [0.05, 0.1) is 0 Å². The Hall–Kier alpha value is -0.290. The summed E-state index contributed by atoms with van der Waals surface area (Å²) < 4.78 is 5.02. The van der Waals surface area contributed by atoms with Crippen LogP contribution in [0.25, 0.3) is 0 Å². The minimum atomic E-state index is -1.01. The third kappa shape index (κ3) is 7.81. The van der Waals surface area contributed by atoms with Gasteiger partial charge >= 0.3 is 5.97 Å². The second-order valence-corrected chi connectivity index (χ2v) is 5.58. The summed E-state index contributed by atoms with van der Waals surface area (Å²) in [6.07, 6.45) is 0. The lowest BCUT2D eigenvalue weighted by atomic mass is 10.3. The van der Waals surface area contributed by atoms with Crippen LogP contribution < -0.4 is 0 Å². The van der Waals surface area contributed by atoms with Crippen LogP contribution in [0, 0.1) is 0 Å². The highest BCUT2D eigenvalue weighted by atomic mass is 32.2. The third-order valence-corrected chi connectivity index (χ3v) is 1.97. The average molecular weight is 208 g/mol. The molecular formula is C7H12O3S2. The van der Waals surface area contributed by atoms with Crippen LogP contribution in [0.1, 0.15) is 20.8 Å². The second-order valence-electron chi connectivity index (χ2n) is 3.15. The van der Waals surface area contributed by atoms with E-state index in [-0.39, 0.29) is 15.7 Å². The normalized spacial score (nSPS) is 10.9. The molecule has 3 nitrogen and oxygen atoms in total. The molecule has 0 aliphatic carbocycles. The summed E-state index contributed by atoms with van der Waals surface area (Å²) in [6, 6.07) is 0. The second kappa shape index (κ2) is 4.67. The first-order valence-corrected chi connectivity index (χ1v) is 4.61. The first-order valence-electron chi connectivity index (χ1n) is 3.39. The largest absolute Gasteiger partial charge is 0.479 e. The van der Waals surface area contributed by atoms with E-state index in [4.69, 9.17) is 22.1 Å². The van der Waals surface area contributed by atoms with Crippen molar-refractivity contribution in [2.45, 2.75) is 25.5 Å². The molecule has 70 valence electrons. The van der Waals surface area contributed by atoms with E-state index in [1.54, 1.807) is 0 Å².